The van der Waals surface area contributed by atoms with Crippen LogP contribution in [0.25, 0.3) is 0 Å². The van der Waals surface area contributed by atoms with Crippen LogP contribution in [-0.4, -0.2) is 49.4 Å². The van der Waals surface area contributed by atoms with E-state index >= 15 is 0 Å². The summed E-state index contributed by atoms with van der Waals surface area (Å²) in [6.45, 7) is 3.24. The Balaban J connectivity index is 1.61. The quantitative estimate of drug-likeness (QED) is 0.475. The lowest BCUT2D eigenvalue weighted by Gasteiger charge is -2.35. The van der Waals surface area contributed by atoms with Gasteiger partial charge in [-0.1, -0.05) is 24.3 Å². The molecule has 7 heteroatoms. The Morgan fingerprint density at radius 2 is 1.88 bits per heavy atom. The van der Waals surface area contributed by atoms with Gasteiger partial charge in [0.15, 0.2) is 0 Å². The van der Waals surface area contributed by atoms with Crippen LogP contribution in [-0.2, 0) is 0 Å². The molecule has 0 N–H and O–H groups in total. The molecule has 2 aromatic carbocycles. The molecule has 1 fully saturated rings. The second kappa shape index (κ2) is 7.65. The summed E-state index contributed by atoms with van der Waals surface area (Å²) in [5.41, 5.74) is 1.89. The van der Waals surface area contributed by atoms with Gasteiger partial charge in [-0.3, -0.25) is 15.1 Å². The van der Waals surface area contributed by atoms with Crippen molar-refractivity contribution in [2.24, 2.45) is 5.10 Å². The molecule has 0 saturated carbocycles. The van der Waals surface area contributed by atoms with E-state index in [0.29, 0.717) is 0 Å². The van der Waals surface area contributed by atoms with Gasteiger partial charge in [0.1, 0.15) is 5.75 Å². The Morgan fingerprint density at radius 3 is 2.60 bits per heavy atom. The summed E-state index contributed by atoms with van der Waals surface area (Å²) in [7, 11) is 1.68. The van der Waals surface area contributed by atoms with Crippen LogP contribution in [0.2, 0.25) is 0 Å². The summed E-state index contributed by atoms with van der Waals surface area (Å²) in [4.78, 5) is 12.7. The molecular weight excluding hydrogens is 320 g/mol. The minimum Gasteiger partial charge on any atom is -0.495 e. The minimum atomic E-state index is -0.399. The fraction of sp³-hybridized carbons (Fsp3) is 0.278. The first-order valence-electron chi connectivity index (χ1n) is 8.09. The molecule has 1 aliphatic rings. The van der Waals surface area contributed by atoms with Crippen LogP contribution < -0.4 is 9.64 Å². The number of anilines is 1. The number of rotatable bonds is 5. The van der Waals surface area contributed by atoms with Crippen molar-refractivity contribution in [3.63, 3.8) is 0 Å². The zero-order valence-electron chi connectivity index (χ0n) is 14.0. The molecule has 0 radical (unpaired) electrons. The average molecular weight is 340 g/mol. The highest BCUT2D eigenvalue weighted by atomic mass is 16.6. The molecule has 1 saturated heterocycles. The van der Waals surface area contributed by atoms with Crippen molar-refractivity contribution in [3.8, 4) is 5.75 Å². The molecule has 0 unspecified atom stereocenters. The Labute approximate surface area is 146 Å². The number of hydrogen-bond acceptors (Lipinski definition) is 6. The van der Waals surface area contributed by atoms with Gasteiger partial charge >= 0.3 is 0 Å². The van der Waals surface area contributed by atoms with Crippen LogP contribution in [0.4, 0.5) is 11.4 Å². The number of ether oxygens (including phenoxy) is 1. The highest BCUT2D eigenvalue weighted by Crippen LogP contribution is 2.28. The number of hydrogen-bond donors (Lipinski definition) is 0. The van der Waals surface area contributed by atoms with E-state index in [0.717, 1.165) is 43.2 Å². The third-order valence-corrected chi connectivity index (χ3v) is 4.13. The summed E-state index contributed by atoms with van der Waals surface area (Å²) in [5.74, 6) is 0.871. The molecule has 25 heavy (non-hydrogen) atoms. The third-order valence-electron chi connectivity index (χ3n) is 4.13. The number of piperazine rings is 1. The Kier molecular flexibility index (Phi) is 5.13. The monoisotopic (exact) mass is 340 g/mol. The average Bonchev–Trinajstić information content (AvgIpc) is 2.67. The van der Waals surface area contributed by atoms with E-state index in [1.165, 1.54) is 12.1 Å². The predicted octanol–water partition coefficient (Wildman–Crippen LogP) is 2.76. The second-order valence-electron chi connectivity index (χ2n) is 5.71. The third kappa shape index (κ3) is 4.06. The van der Waals surface area contributed by atoms with Gasteiger partial charge in [0, 0.05) is 30.8 Å². The van der Waals surface area contributed by atoms with E-state index in [1.54, 1.807) is 19.4 Å². The molecule has 3 rings (SSSR count). The second-order valence-corrected chi connectivity index (χ2v) is 5.71. The predicted molar refractivity (Wildman–Crippen MR) is 97.5 cm³/mol. The number of non-ortho nitro benzene ring substituents is 1. The van der Waals surface area contributed by atoms with Crippen molar-refractivity contribution >= 4 is 17.6 Å². The maximum absolute atomic E-state index is 10.8. The molecule has 0 spiro atoms. The Morgan fingerprint density at radius 1 is 1.12 bits per heavy atom. The standard InChI is InChI=1S/C18H20N4O3/c1-25-18-8-3-2-7-17(18)20-9-11-21(12-10-20)19-14-15-5-4-6-16(13-15)22(23)24/h2-8,13-14H,9-12H2,1H3/b19-14+. The first-order chi connectivity index (χ1) is 12.2. The lowest BCUT2D eigenvalue weighted by molar-refractivity contribution is -0.384. The molecule has 130 valence electrons. The van der Waals surface area contributed by atoms with E-state index < -0.39 is 4.92 Å². The highest BCUT2D eigenvalue weighted by Gasteiger charge is 2.18. The van der Waals surface area contributed by atoms with Crippen molar-refractivity contribution in [2.45, 2.75) is 0 Å². The maximum Gasteiger partial charge on any atom is 0.270 e. The molecular formula is C18H20N4O3. The first kappa shape index (κ1) is 16.8. The lowest BCUT2D eigenvalue weighted by Crippen LogP contribution is -2.44. The number of methoxy groups -OCH3 is 1. The summed E-state index contributed by atoms with van der Waals surface area (Å²) in [5, 5.41) is 17.2. The van der Waals surface area contributed by atoms with Crippen LogP contribution in [0.5, 0.6) is 5.75 Å². The van der Waals surface area contributed by atoms with Crippen LogP contribution in [0.1, 0.15) is 5.56 Å². The van der Waals surface area contributed by atoms with Gasteiger partial charge in [-0.25, -0.2) is 0 Å². The summed E-state index contributed by atoms with van der Waals surface area (Å²) in [6, 6.07) is 14.5. The van der Waals surface area contributed by atoms with Gasteiger partial charge in [0.05, 0.1) is 37.0 Å². The number of nitrogens with zero attached hydrogens (tertiary/aromatic N) is 4. The zero-order chi connectivity index (χ0) is 17.6. The Bertz CT molecular complexity index is 770. The van der Waals surface area contributed by atoms with Crippen LogP contribution in [0.15, 0.2) is 53.6 Å². The van der Waals surface area contributed by atoms with Gasteiger partial charge in [-0.15, -0.1) is 0 Å². The molecule has 0 amide bonds. The van der Waals surface area contributed by atoms with Crippen LogP contribution in [0.3, 0.4) is 0 Å². The van der Waals surface area contributed by atoms with Gasteiger partial charge in [0.2, 0.25) is 0 Å². The number of para-hydroxylation sites is 2. The molecule has 2 aromatic rings. The van der Waals surface area contributed by atoms with Crippen molar-refractivity contribution in [1.82, 2.24) is 5.01 Å². The number of nitro groups is 1. The molecule has 0 atom stereocenters. The van der Waals surface area contributed by atoms with Crippen molar-refractivity contribution < 1.29 is 9.66 Å². The van der Waals surface area contributed by atoms with Crippen molar-refractivity contribution in [1.29, 1.82) is 0 Å². The summed E-state index contributed by atoms with van der Waals surface area (Å²) in [6.07, 6.45) is 1.67. The van der Waals surface area contributed by atoms with E-state index in [4.69, 9.17) is 4.74 Å². The van der Waals surface area contributed by atoms with E-state index in [2.05, 4.69) is 16.1 Å². The van der Waals surface area contributed by atoms with Crippen LogP contribution in [0, 0.1) is 10.1 Å². The van der Waals surface area contributed by atoms with Gasteiger partial charge < -0.3 is 9.64 Å². The fourth-order valence-corrected chi connectivity index (χ4v) is 2.81. The van der Waals surface area contributed by atoms with Crippen molar-refractivity contribution in [3.05, 3.63) is 64.2 Å². The maximum atomic E-state index is 10.8. The minimum absolute atomic E-state index is 0.0740. The molecule has 0 aromatic heterocycles. The summed E-state index contributed by atoms with van der Waals surface area (Å²) >= 11 is 0. The highest BCUT2D eigenvalue weighted by molar-refractivity contribution is 5.80. The fourth-order valence-electron chi connectivity index (χ4n) is 2.81. The normalized spacial score (nSPS) is 14.8. The van der Waals surface area contributed by atoms with E-state index in [1.807, 2.05) is 29.3 Å². The molecule has 7 nitrogen and oxygen atoms in total. The number of hydrazone groups is 1. The topological polar surface area (TPSA) is 71.2 Å². The lowest BCUT2D eigenvalue weighted by atomic mass is 10.2. The molecule has 1 aliphatic heterocycles. The van der Waals surface area contributed by atoms with Crippen molar-refractivity contribution in [2.75, 3.05) is 38.2 Å². The number of benzene rings is 2. The van der Waals surface area contributed by atoms with E-state index in [-0.39, 0.29) is 5.69 Å². The SMILES string of the molecule is COc1ccccc1N1CCN(/N=C/c2cccc([N+](=O)[O-])c2)CC1. The molecule has 1 heterocycles. The smallest absolute Gasteiger partial charge is 0.270 e. The molecule has 0 bridgehead atoms. The van der Waals surface area contributed by atoms with E-state index in [9.17, 15) is 10.1 Å². The summed E-state index contributed by atoms with van der Waals surface area (Å²) < 4.78 is 5.42. The first-order valence-corrected chi connectivity index (χ1v) is 8.09. The zero-order valence-corrected chi connectivity index (χ0v) is 14.0. The largest absolute Gasteiger partial charge is 0.495 e. The number of nitro benzene ring substituents is 1. The van der Waals surface area contributed by atoms with Gasteiger partial charge in [-0.2, -0.15) is 5.10 Å². The Hall–Kier alpha value is -3.09. The van der Waals surface area contributed by atoms with Gasteiger partial charge in [0.25, 0.3) is 5.69 Å². The van der Waals surface area contributed by atoms with Gasteiger partial charge in [-0.05, 0) is 12.1 Å². The molecule has 0 aliphatic carbocycles. The van der Waals surface area contributed by atoms with Crippen LogP contribution >= 0.6 is 0 Å².